The number of nitrogens with zero attached hydrogens (tertiary/aromatic N) is 2. The molecule has 118 valence electrons. The number of carbonyl (C=O) groups excluding carboxylic acids is 1. The molecular weight excluding hydrogens is 306 g/mol. The average molecular weight is 323 g/mol. The SMILES string of the molecule is CC(C)c1nnc(C(C)NC(=O)c2scc3c2OCCO3)o1. The second-order valence-corrected chi connectivity index (χ2v) is 6.16. The first-order chi connectivity index (χ1) is 10.6. The summed E-state index contributed by atoms with van der Waals surface area (Å²) in [6, 6.07) is -0.380. The van der Waals surface area contributed by atoms with E-state index < -0.39 is 0 Å². The Hall–Kier alpha value is -2.09. The summed E-state index contributed by atoms with van der Waals surface area (Å²) in [4.78, 5) is 12.9. The van der Waals surface area contributed by atoms with Crippen LogP contribution in [0.5, 0.6) is 11.5 Å². The number of fused-ring (bicyclic) bond motifs is 1. The van der Waals surface area contributed by atoms with Gasteiger partial charge in [-0.05, 0) is 6.92 Å². The van der Waals surface area contributed by atoms with E-state index >= 15 is 0 Å². The van der Waals surface area contributed by atoms with Crippen molar-refractivity contribution < 1.29 is 18.7 Å². The molecule has 1 unspecified atom stereocenters. The van der Waals surface area contributed by atoms with Crippen LogP contribution in [0.2, 0.25) is 0 Å². The smallest absolute Gasteiger partial charge is 0.265 e. The highest BCUT2D eigenvalue weighted by Gasteiger charge is 2.25. The monoisotopic (exact) mass is 323 g/mol. The zero-order valence-corrected chi connectivity index (χ0v) is 13.4. The van der Waals surface area contributed by atoms with Gasteiger partial charge in [0.15, 0.2) is 11.5 Å². The summed E-state index contributed by atoms with van der Waals surface area (Å²) in [5, 5.41) is 12.6. The third-order valence-electron chi connectivity index (χ3n) is 3.18. The molecule has 0 saturated carbocycles. The van der Waals surface area contributed by atoms with E-state index in [1.54, 1.807) is 12.3 Å². The van der Waals surface area contributed by atoms with Crippen LogP contribution < -0.4 is 14.8 Å². The molecule has 0 spiro atoms. The van der Waals surface area contributed by atoms with Crippen molar-refractivity contribution in [3.05, 3.63) is 22.0 Å². The van der Waals surface area contributed by atoms with E-state index in [2.05, 4.69) is 15.5 Å². The van der Waals surface area contributed by atoms with Gasteiger partial charge in [0, 0.05) is 11.3 Å². The van der Waals surface area contributed by atoms with Gasteiger partial charge in [-0.1, -0.05) is 13.8 Å². The maximum Gasteiger partial charge on any atom is 0.265 e. The maximum absolute atomic E-state index is 12.4. The van der Waals surface area contributed by atoms with Crippen LogP contribution in [0.25, 0.3) is 0 Å². The van der Waals surface area contributed by atoms with Crippen molar-refractivity contribution in [2.45, 2.75) is 32.7 Å². The first-order valence-corrected chi connectivity index (χ1v) is 7.95. The Labute approximate surface area is 131 Å². The molecule has 1 atom stereocenters. The minimum Gasteiger partial charge on any atom is -0.485 e. The molecule has 0 radical (unpaired) electrons. The summed E-state index contributed by atoms with van der Waals surface area (Å²) < 4.78 is 16.5. The molecule has 1 N–H and O–H groups in total. The van der Waals surface area contributed by atoms with Crippen molar-refractivity contribution in [2.24, 2.45) is 0 Å². The summed E-state index contributed by atoms with van der Waals surface area (Å²) in [7, 11) is 0. The second-order valence-electron chi connectivity index (χ2n) is 5.28. The largest absolute Gasteiger partial charge is 0.485 e. The molecule has 1 aliphatic rings. The molecule has 0 aromatic carbocycles. The summed E-state index contributed by atoms with van der Waals surface area (Å²) >= 11 is 1.29. The van der Waals surface area contributed by atoms with Gasteiger partial charge in [-0.3, -0.25) is 4.79 Å². The van der Waals surface area contributed by atoms with Gasteiger partial charge in [-0.25, -0.2) is 0 Å². The first kappa shape index (κ1) is 14.8. The summed E-state index contributed by atoms with van der Waals surface area (Å²) in [5.41, 5.74) is 0. The lowest BCUT2D eigenvalue weighted by Gasteiger charge is -2.16. The van der Waals surface area contributed by atoms with Crippen LogP contribution in [-0.4, -0.2) is 29.3 Å². The Morgan fingerprint density at radius 3 is 2.68 bits per heavy atom. The molecule has 0 aliphatic carbocycles. The predicted octanol–water partition coefficient (Wildman–Crippen LogP) is 2.52. The Kier molecular flexibility index (Phi) is 4.02. The molecule has 7 nitrogen and oxygen atoms in total. The fourth-order valence-electron chi connectivity index (χ4n) is 2.00. The van der Waals surface area contributed by atoms with Crippen LogP contribution in [0.3, 0.4) is 0 Å². The zero-order chi connectivity index (χ0) is 15.7. The lowest BCUT2D eigenvalue weighted by molar-refractivity contribution is 0.0929. The lowest BCUT2D eigenvalue weighted by atomic mass is 10.2. The molecule has 2 aromatic heterocycles. The fourth-order valence-corrected chi connectivity index (χ4v) is 2.83. The number of amides is 1. The van der Waals surface area contributed by atoms with Crippen LogP contribution in [0.4, 0.5) is 0 Å². The molecule has 1 aliphatic heterocycles. The standard InChI is InChI=1S/C14H17N3O4S/c1-7(2)13-16-17-14(21-13)8(3)15-12(18)11-10-9(6-22-11)19-4-5-20-10/h6-8H,4-5H2,1-3H3,(H,15,18). The number of hydrogen-bond donors (Lipinski definition) is 1. The average Bonchev–Trinajstić information content (AvgIpc) is 3.14. The molecule has 3 heterocycles. The van der Waals surface area contributed by atoms with Gasteiger partial charge in [0.1, 0.15) is 24.1 Å². The van der Waals surface area contributed by atoms with Crippen LogP contribution in [0, 0.1) is 0 Å². The molecule has 8 heteroatoms. The predicted molar refractivity (Wildman–Crippen MR) is 79.6 cm³/mol. The van der Waals surface area contributed by atoms with E-state index in [0.29, 0.717) is 41.4 Å². The number of hydrogen-bond acceptors (Lipinski definition) is 7. The summed E-state index contributed by atoms with van der Waals surface area (Å²) in [6.07, 6.45) is 0. The van der Waals surface area contributed by atoms with Gasteiger partial charge in [0.05, 0.1) is 0 Å². The summed E-state index contributed by atoms with van der Waals surface area (Å²) in [5.74, 6) is 1.98. The zero-order valence-electron chi connectivity index (χ0n) is 12.6. The third kappa shape index (κ3) is 2.78. The molecule has 2 aromatic rings. The highest BCUT2D eigenvalue weighted by molar-refractivity contribution is 7.12. The van der Waals surface area contributed by atoms with E-state index in [0.717, 1.165) is 0 Å². The number of aromatic nitrogens is 2. The van der Waals surface area contributed by atoms with Crippen LogP contribution >= 0.6 is 11.3 Å². The Balaban J connectivity index is 1.72. The lowest BCUT2D eigenvalue weighted by Crippen LogP contribution is -2.27. The minimum absolute atomic E-state index is 0.152. The minimum atomic E-state index is -0.380. The van der Waals surface area contributed by atoms with Gasteiger partial charge >= 0.3 is 0 Å². The van der Waals surface area contributed by atoms with E-state index in [1.165, 1.54) is 11.3 Å². The van der Waals surface area contributed by atoms with E-state index in [9.17, 15) is 4.79 Å². The number of ether oxygens (including phenoxy) is 2. The van der Waals surface area contributed by atoms with E-state index in [1.807, 2.05) is 13.8 Å². The van der Waals surface area contributed by atoms with Gasteiger partial charge in [0.25, 0.3) is 5.91 Å². The molecular formula is C14H17N3O4S. The molecule has 22 heavy (non-hydrogen) atoms. The van der Waals surface area contributed by atoms with Gasteiger partial charge < -0.3 is 19.2 Å². The van der Waals surface area contributed by atoms with Crippen molar-refractivity contribution in [3.8, 4) is 11.5 Å². The maximum atomic E-state index is 12.4. The van der Waals surface area contributed by atoms with Gasteiger partial charge in [0.2, 0.25) is 11.8 Å². The van der Waals surface area contributed by atoms with Crippen LogP contribution in [0.1, 0.15) is 54.2 Å². The Morgan fingerprint density at radius 1 is 1.23 bits per heavy atom. The molecule has 1 amide bonds. The second kappa shape index (κ2) is 5.96. The number of nitrogens with one attached hydrogen (secondary N) is 1. The summed E-state index contributed by atoms with van der Waals surface area (Å²) in [6.45, 7) is 6.68. The highest BCUT2D eigenvalue weighted by atomic mass is 32.1. The van der Waals surface area contributed by atoms with Crippen LogP contribution in [-0.2, 0) is 0 Å². The Bertz CT molecular complexity index is 679. The number of rotatable bonds is 4. The normalized spacial score (nSPS) is 14.9. The van der Waals surface area contributed by atoms with Crippen molar-refractivity contribution in [3.63, 3.8) is 0 Å². The van der Waals surface area contributed by atoms with Crippen LogP contribution in [0.15, 0.2) is 9.80 Å². The fraction of sp³-hybridized carbons (Fsp3) is 0.500. The molecule has 0 bridgehead atoms. The number of carbonyl (C=O) groups is 1. The number of thiophene rings is 1. The van der Waals surface area contributed by atoms with Crippen molar-refractivity contribution in [1.29, 1.82) is 0 Å². The van der Waals surface area contributed by atoms with E-state index in [-0.39, 0.29) is 17.9 Å². The van der Waals surface area contributed by atoms with Crippen molar-refractivity contribution in [2.75, 3.05) is 13.2 Å². The highest BCUT2D eigenvalue weighted by Crippen LogP contribution is 2.39. The van der Waals surface area contributed by atoms with Gasteiger partial charge in [-0.15, -0.1) is 21.5 Å². The third-order valence-corrected chi connectivity index (χ3v) is 4.11. The van der Waals surface area contributed by atoms with E-state index in [4.69, 9.17) is 13.9 Å². The first-order valence-electron chi connectivity index (χ1n) is 7.07. The van der Waals surface area contributed by atoms with Gasteiger partial charge in [-0.2, -0.15) is 0 Å². The molecule has 3 rings (SSSR count). The topological polar surface area (TPSA) is 86.5 Å². The van der Waals surface area contributed by atoms with Crippen molar-refractivity contribution in [1.82, 2.24) is 15.5 Å². The molecule has 0 saturated heterocycles. The molecule has 0 fully saturated rings. The van der Waals surface area contributed by atoms with Crippen molar-refractivity contribution >= 4 is 17.2 Å². The quantitative estimate of drug-likeness (QED) is 0.930. The Morgan fingerprint density at radius 2 is 1.95 bits per heavy atom.